The Morgan fingerprint density at radius 2 is 2.04 bits per heavy atom. The topological polar surface area (TPSA) is 105 Å². The van der Waals surface area contributed by atoms with E-state index in [0.29, 0.717) is 12.0 Å². The number of nitrogens with zero attached hydrogens (tertiary/aromatic N) is 1. The van der Waals surface area contributed by atoms with Crippen molar-refractivity contribution in [1.29, 1.82) is 0 Å². The smallest absolute Gasteiger partial charge is 0.306 e. The number of carbonyl (C=O) groups excluding carboxylic acids is 1. The average Bonchev–Trinajstić information content (AvgIpc) is 2.54. The molecule has 2 N–H and O–H groups in total. The number of hydrazone groups is 1. The van der Waals surface area contributed by atoms with Crippen LogP contribution in [-0.4, -0.2) is 31.9 Å². The first-order valence-corrected chi connectivity index (χ1v) is 9.70. The monoisotopic (exact) mass is 376 g/mol. The molecule has 0 bridgehead atoms. The van der Waals surface area contributed by atoms with Crippen LogP contribution in [0.3, 0.4) is 0 Å². The van der Waals surface area contributed by atoms with Crippen LogP contribution >= 0.6 is 0 Å². The number of amides is 1. The standard InChI is InChI=1S/C18H20N2O5S/c1-3-14-11-17(25-26(2,23)24)8-7-15(14)12-19-20-18(22)10-13-5-4-6-16(21)9-13/h4-9,11-12,21H,3,10H2,1-2H3,(H,20,22). The van der Waals surface area contributed by atoms with Crippen molar-refractivity contribution >= 4 is 22.2 Å². The third kappa shape index (κ3) is 6.21. The predicted molar refractivity (Wildman–Crippen MR) is 98.8 cm³/mol. The highest BCUT2D eigenvalue weighted by Gasteiger charge is 2.07. The van der Waals surface area contributed by atoms with Crippen LogP contribution < -0.4 is 9.61 Å². The van der Waals surface area contributed by atoms with Gasteiger partial charge in [0.05, 0.1) is 18.9 Å². The summed E-state index contributed by atoms with van der Waals surface area (Å²) in [7, 11) is -3.58. The van der Waals surface area contributed by atoms with Crippen LogP contribution in [-0.2, 0) is 27.8 Å². The number of hydrogen-bond acceptors (Lipinski definition) is 6. The molecule has 1 amide bonds. The van der Waals surface area contributed by atoms with Gasteiger partial charge in [-0.05, 0) is 53.4 Å². The zero-order valence-electron chi connectivity index (χ0n) is 14.5. The van der Waals surface area contributed by atoms with Gasteiger partial charge in [0.1, 0.15) is 11.5 Å². The summed E-state index contributed by atoms with van der Waals surface area (Å²) in [6.45, 7) is 1.91. The molecule has 7 nitrogen and oxygen atoms in total. The molecule has 26 heavy (non-hydrogen) atoms. The van der Waals surface area contributed by atoms with Crippen LogP contribution in [0.2, 0.25) is 0 Å². The molecular weight excluding hydrogens is 356 g/mol. The van der Waals surface area contributed by atoms with E-state index in [0.717, 1.165) is 17.4 Å². The Balaban J connectivity index is 2.01. The Hall–Kier alpha value is -2.87. The fraction of sp³-hybridized carbons (Fsp3) is 0.222. The van der Waals surface area contributed by atoms with Crippen LogP contribution in [0.25, 0.3) is 0 Å². The van der Waals surface area contributed by atoms with E-state index in [1.807, 2.05) is 6.92 Å². The molecule has 0 saturated carbocycles. The number of phenols is 1. The van der Waals surface area contributed by atoms with Crippen LogP contribution in [0, 0.1) is 0 Å². The fourth-order valence-corrected chi connectivity index (χ4v) is 2.76. The lowest BCUT2D eigenvalue weighted by Gasteiger charge is -2.07. The van der Waals surface area contributed by atoms with E-state index in [2.05, 4.69) is 10.5 Å². The minimum Gasteiger partial charge on any atom is -0.508 e. The van der Waals surface area contributed by atoms with E-state index in [9.17, 15) is 18.3 Å². The van der Waals surface area contributed by atoms with E-state index in [4.69, 9.17) is 4.18 Å². The molecule has 0 aromatic heterocycles. The first kappa shape index (κ1) is 19.5. The van der Waals surface area contributed by atoms with Gasteiger partial charge in [0, 0.05) is 0 Å². The van der Waals surface area contributed by atoms with Gasteiger partial charge in [-0.3, -0.25) is 4.79 Å². The highest BCUT2D eigenvalue weighted by atomic mass is 32.2. The Kier molecular flexibility index (Phi) is 6.35. The average molecular weight is 376 g/mol. The maximum absolute atomic E-state index is 11.9. The number of phenolic OH excluding ortho intramolecular Hbond substituents is 1. The Morgan fingerprint density at radius 3 is 2.69 bits per heavy atom. The lowest BCUT2D eigenvalue weighted by Crippen LogP contribution is -2.19. The predicted octanol–water partition coefficient (Wildman–Crippen LogP) is 1.99. The van der Waals surface area contributed by atoms with Crippen molar-refractivity contribution in [1.82, 2.24) is 5.43 Å². The fourth-order valence-electron chi connectivity index (χ4n) is 2.31. The van der Waals surface area contributed by atoms with Gasteiger partial charge in [-0.1, -0.05) is 19.1 Å². The third-order valence-corrected chi connectivity index (χ3v) is 3.91. The quantitative estimate of drug-likeness (QED) is 0.437. The van der Waals surface area contributed by atoms with Gasteiger partial charge in [-0.25, -0.2) is 5.43 Å². The minimum atomic E-state index is -3.58. The number of rotatable bonds is 7. The largest absolute Gasteiger partial charge is 0.508 e. The molecule has 2 rings (SSSR count). The van der Waals surface area contributed by atoms with Gasteiger partial charge < -0.3 is 9.29 Å². The van der Waals surface area contributed by atoms with Gasteiger partial charge in [0.15, 0.2) is 0 Å². The molecule has 0 saturated heterocycles. The molecule has 2 aromatic rings. The summed E-state index contributed by atoms with van der Waals surface area (Å²) in [6.07, 6.45) is 3.20. The molecule has 0 fully saturated rings. The van der Waals surface area contributed by atoms with Crippen molar-refractivity contribution in [2.24, 2.45) is 5.10 Å². The van der Waals surface area contributed by atoms with E-state index >= 15 is 0 Å². The lowest BCUT2D eigenvalue weighted by molar-refractivity contribution is -0.120. The summed E-state index contributed by atoms with van der Waals surface area (Å²) in [5, 5.41) is 13.3. The van der Waals surface area contributed by atoms with Crippen LogP contribution in [0.5, 0.6) is 11.5 Å². The normalized spacial score (nSPS) is 11.5. The van der Waals surface area contributed by atoms with Crippen LogP contribution in [0.1, 0.15) is 23.6 Å². The van der Waals surface area contributed by atoms with Gasteiger partial charge >= 0.3 is 10.1 Å². The molecule has 0 radical (unpaired) electrons. The Labute approximate surface area is 152 Å². The lowest BCUT2D eigenvalue weighted by atomic mass is 10.1. The number of aromatic hydroxyl groups is 1. The molecule has 0 unspecified atom stereocenters. The Bertz CT molecular complexity index is 923. The van der Waals surface area contributed by atoms with Gasteiger partial charge in [-0.2, -0.15) is 13.5 Å². The molecule has 0 heterocycles. The summed E-state index contributed by atoms with van der Waals surface area (Å²) in [5.41, 5.74) is 4.67. The van der Waals surface area contributed by atoms with Crippen molar-refractivity contribution < 1.29 is 22.5 Å². The van der Waals surface area contributed by atoms with Crippen molar-refractivity contribution in [3.63, 3.8) is 0 Å². The maximum Gasteiger partial charge on any atom is 0.306 e. The van der Waals surface area contributed by atoms with Crippen LogP contribution in [0.4, 0.5) is 0 Å². The van der Waals surface area contributed by atoms with Crippen molar-refractivity contribution in [3.8, 4) is 11.5 Å². The number of benzene rings is 2. The second-order valence-corrected chi connectivity index (χ2v) is 7.22. The second kappa shape index (κ2) is 8.48. The van der Waals surface area contributed by atoms with Crippen molar-refractivity contribution in [3.05, 3.63) is 59.2 Å². The summed E-state index contributed by atoms with van der Waals surface area (Å²) in [4.78, 5) is 11.9. The second-order valence-electron chi connectivity index (χ2n) is 5.64. The maximum atomic E-state index is 11.9. The molecule has 0 aliphatic rings. The molecule has 2 aromatic carbocycles. The third-order valence-electron chi connectivity index (χ3n) is 3.41. The molecule has 138 valence electrons. The van der Waals surface area contributed by atoms with Gasteiger partial charge in [0.2, 0.25) is 5.91 Å². The van der Waals surface area contributed by atoms with E-state index in [1.54, 1.807) is 24.3 Å². The zero-order valence-corrected chi connectivity index (χ0v) is 15.3. The van der Waals surface area contributed by atoms with Gasteiger partial charge in [-0.15, -0.1) is 0 Å². The molecule has 8 heteroatoms. The van der Waals surface area contributed by atoms with Crippen LogP contribution in [0.15, 0.2) is 47.6 Å². The minimum absolute atomic E-state index is 0.0908. The van der Waals surface area contributed by atoms with E-state index in [1.165, 1.54) is 24.4 Å². The van der Waals surface area contributed by atoms with E-state index < -0.39 is 10.1 Å². The van der Waals surface area contributed by atoms with Crippen molar-refractivity contribution in [2.75, 3.05) is 6.26 Å². The first-order valence-electron chi connectivity index (χ1n) is 7.89. The summed E-state index contributed by atoms with van der Waals surface area (Å²) >= 11 is 0. The Morgan fingerprint density at radius 1 is 1.27 bits per heavy atom. The van der Waals surface area contributed by atoms with E-state index in [-0.39, 0.29) is 23.8 Å². The number of nitrogens with one attached hydrogen (secondary N) is 1. The summed E-state index contributed by atoms with van der Waals surface area (Å²) in [6, 6.07) is 11.3. The molecular formula is C18H20N2O5S. The first-order chi connectivity index (χ1) is 12.3. The molecule has 0 atom stereocenters. The summed E-state index contributed by atoms with van der Waals surface area (Å²) in [5.74, 6) is 0.0131. The highest BCUT2D eigenvalue weighted by Crippen LogP contribution is 2.19. The highest BCUT2D eigenvalue weighted by molar-refractivity contribution is 7.86. The molecule has 0 aliphatic carbocycles. The SMILES string of the molecule is CCc1cc(OS(C)(=O)=O)ccc1C=NNC(=O)Cc1cccc(O)c1. The number of hydrogen-bond donors (Lipinski definition) is 2. The van der Waals surface area contributed by atoms with Gasteiger partial charge in [0.25, 0.3) is 0 Å². The molecule has 0 aliphatic heterocycles. The number of aryl methyl sites for hydroxylation is 1. The zero-order chi connectivity index (χ0) is 19.2. The number of carbonyl (C=O) groups is 1. The molecule has 0 spiro atoms. The summed E-state index contributed by atoms with van der Waals surface area (Å²) < 4.78 is 27.2. The van der Waals surface area contributed by atoms with Crippen molar-refractivity contribution in [2.45, 2.75) is 19.8 Å².